The molecule has 1 N–H and O–H groups in total. The first-order valence-corrected chi connectivity index (χ1v) is 5.16. The Morgan fingerprint density at radius 1 is 1.80 bits per heavy atom. The zero-order valence-electron chi connectivity index (χ0n) is 6.03. The fraction of sp³-hybridized carbons (Fsp3) is 0.333. The van der Waals surface area contributed by atoms with Crippen LogP contribution in [0.25, 0.3) is 0 Å². The van der Waals surface area contributed by atoms with Crippen molar-refractivity contribution in [3.8, 4) is 0 Å². The minimum absolute atomic E-state index is 0.524. The first-order chi connectivity index (χ1) is 4.56. The highest BCUT2D eigenvalue weighted by Gasteiger charge is 2.08. The predicted molar refractivity (Wildman–Crippen MR) is 45.6 cm³/mol. The molecule has 0 aromatic rings. The Kier molecular flexibility index (Phi) is 4.41. The average Bonchev–Trinajstić information content (AvgIpc) is 1.78. The maximum absolute atomic E-state index is 10.6. The van der Waals surface area contributed by atoms with Crippen LogP contribution in [0.5, 0.6) is 0 Å². The van der Waals surface area contributed by atoms with E-state index in [1.165, 1.54) is 13.7 Å². The molecule has 0 aliphatic heterocycles. The van der Waals surface area contributed by atoms with E-state index in [0.717, 1.165) is 0 Å². The molecule has 4 heteroatoms. The first kappa shape index (κ1) is 9.73. The van der Waals surface area contributed by atoms with Gasteiger partial charge in [0.2, 0.25) is 7.00 Å². The van der Waals surface area contributed by atoms with Gasteiger partial charge in [-0.2, -0.15) is 0 Å². The molecule has 0 aromatic carbocycles. The second kappa shape index (κ2) is 4.53. The fourth-order valence-electron chi connectivity index (χ4n) is 0.431. The number of hydrogen-bond donors (Lipinski definition) is 1. The van der Waals surface area contributed by atoms with Crippen molar-refractivity contribution in [1.82, 2.24) is 0 Å². The van der Waals surface area contributed by atoms with Gasteiger partial charge in [0.15, 0.2) is 0 Å². The Balaban J connectivity index is 3.47. The summed E-state index contributed by atoms with van der Waals surface area (Å²) in [6.07, 6.45) is 5.67. The lowest BCUT2D eigenvalue weighted by atomic mass is 10.0. The molecule has 0 saturated heterocycles. The van der Waals surface area contributed by atoms with Gasteiger partial charge in [-0.3, -0.25) is 0 Å². The van der Waals surface area contributed by atoms with Crippen LogP contribution >= 0.6 is 7.25 Å². The molecule has 1 unspecified atom stereocenters. The minimum Gasteiger partial charge on any atom is -0.352 e. The van der Waals surface area contributed by atoms with Crippen LogP contribution in [0.4, 0.5) is 0 Å². The summed E-state index contributed by atoms with van der Waals surface area (Å²) in [5, 5.41) is 0. The van der Waals surface area contributed by atoms with Gasteiger partial charge in [0.05, 0.1) is 0 Å². The van der Waals surface area contributed by atoms with Crippen molar-refractivity contribution in [2.24, 2.45) is 0 Å². The topological polar surface area (TPSA) is 37.3 Å². The molecular formula is C6H11BO2P. The van der Waals surface area contributed by atoms with Crippen molar-refractivity contribution in [2.75, 3.05) is 6.66 Å². The Labute approximate surface area is 62.3 Å². The van der Waals surface area contributed by atoms with Gasteiger partial charge in [-0.1, -0.05) is 31.1 Å². The largest absolute Gasteiger partial charge is 0.352 e. The van der Waals surface area contributed by atoms with E-state index in [4.69, 9.17) is 4.89 Å². The highest BCUT2D eigenvalue weighted by Crippen LogP contribution is 2.33. The van der Waals surface area contributed by atoms with Crippen LogP contribution in [-0.2, 0) is 4.57 Å². The Morgan fingerprint density at radius 3 is 2.80 bits per heavy atom. The Hall–Kier alpha value is -0.265. The van der Waals surface area contributed by atoms with E-state index in [-0.39, 0.29) is 0 Å². The van der Waals surface area contributed by atoms with Crippen LogP contribution < -0.4 is 0 Å². The van der Waals surface area contributed by atoms with E-state index in [0.29, 0.717) is 6.32 Å². The first-order valence-electron chi connectivity index (χ1n) is 2.98. The molecular weight excluding hydrogens is 146 g/mol. The predicted octanol–water partition coefficient (Wildman–Crippen LogP) is 1.67. The summed E-state index contributed by atoms with van der Waals surface area (Å²) in [6.45, 7) is 6.17. The Bertz CT molecular complexity index is 171. The van der Waals surface area contributed by atoms with Crippen molar-refractivity contribution >= 4 is 14.2 Å². The quantitative estimate of drug-likeness (QED) is 0.382. The van der Waals surface area contributed by atoms with Crippen molar-refractivity contribution in [2.45, 2.75) is 6.32 Å². The summed E-state index contributed by atoms with van der Waals surface area (Å²) < 4.78 is 10.6. The molecule has 0 spiro atoms. The molecule has 10 heavy (non-hydrogen) atoms. The van der Waals surface area contributed by atoms with Gasteiger partial charge in [-0.05, 0) is 0 Å². The molecule has 0 fully saturated rings. The van der Waals surface area contributed by atoms with Crippen LogP contribution in [0, 0.1) is 0 Å². The molecule has 0 aliphatic rings. The summed E-state index contributed by atoms with van der Waals surface area (Å²) in [5.41, 5.74) is 0. The minimum atomic E-state index is -2.92. The molecule has 2 nitrogen and oxygen atoms in total. The molecule has 0 amide bonds. The zero-order valence-corrected chi connectivity index (χ0v) is 6.92. The summed E-state index contributed by atoms with van der Waals surface area (Å²) >= 11 is 0. The molecule has 0 heterocycles. The van der Waals surface area contributed by atoms with E-state index in [1.54, 1.807) is 18.2 Å². The highest BCUT2D eigenvalue weighted by atomic mass is 31.2. The van der Waals surface area contributed by atoms with Crippen LogP contribution in [-0.4, -0.2) is 18.6 Å². The average molecular weight is 157 g/mol. The molecule has 55 valence electrons. The summed E-state index contributed by atoms with van der Waals surface area (Å²) in [4.78, 5) is 8.76. The monoisotopic (exact) mass is 157 g/mol. The normalized spacial score (nSPS) is 16.6. The summed E-state index contributed by atoms with van der Waals surface area (Å²) in [6, 6.07) is 0. The van der Waals surface area contributed by atoms with Crippen LogP contribution in [0.15, 0.2) is 24.8 Å². The SMILES string of the molecule is C=C/C=C/C[B]P(C)(=O)O. The number of allylic oxidation sites excluding steroid dienone is 3. The lowest BCUT2D eigenvalue weighted by Gasteiger charge is -1.98. The van der Waals surface area contributed by atoms with Gasteiger partial charge in [-0.25, -0.2) is 0 Å². The maximum atomic E-state index is 10.6. The molecule has 1 atom stereocenters. The molecule has 0 bridgehead atoms. The van der Waals surface area contributed by atoms with E-state index >= 15 is 0 Å². The van der Waals surface area contributed by atoms with Crippen LogP contribution in [0.3, 0.4) is 0 Å². The van der Waals surface area contributed by atoms with Crippen LogP contribution in [0.1, 0.15) is 0 Å². The number of hydrogen-bond acceptors (Lipinski definition) is 1. The molecule has 0 aliphatic carbocycles. The van der Waals surface area contributed by atoms with Gasteiger partial charge in [0.25, 0.3) is 0 Å². The second-order valence-electron chi connectivity index (χ2n) is 2.03. The highest BCUT2D eigenvalue weighted by molar-refractivity contribution is 7.86. The smallest absolute Gasteiger partial charge is 0.237 e. The molecule has 0 aromatic heterocycles. The zero-order chi connectivity index (χ0) is 8.04. The van der Waals surface area contributed by atoms with Gasteiger partial charge in [0, 0.05) is 6.66 Å². The molecule has 0 saturated carbocycles. The van der Waals surface area contributed by atoms with E-state index in [9.17, 15) is 4.57 Å². The van der Waals surface area contributed by atoms with Crippen molar-refractivity contribution < 1.29 is 9.46 Å². The number of rotatable bonds is 4. The third-order valence-electron chi connectivity index (χ3n) is 0.852. The standard InChI is InChI=1S/C6H11BO2P/c1-3-4-5-6-7-10(2,8)9/h3-5H,1,6H2,2H3,(H,8,9)/b5-4+. The summed E-state index contributed by atoms with van der Waals surface area (Å²) in [5.74, 6) is 0. The van der Waals surface area contributed by atoms with Crippen LogP contribution in [0.2, 0.25) is 6.32 Å². The molecule has 0 rings (SSSR count). The van der Waals surface area contributed by atoms with Crippen molar-refractivity contribution in [1.29, 1.82) is 0 Å². The third-order valence-corrected chi connectivity index (χ3v) is 1.74. The lowest BCUT2D eigenvalue weighted by molar-refractivity contribution is 0.501. The Morgan fingerprint density at radius 2 is 2.40 bits per heavy atom. The van der Waals surface area contributed by atoms with Gasteiger partial charge >= 0.3 is 0 Å². The summed E-state index contributed by atoms with van der Waals surface area (Å²) in [7, 11) is -2.92. The van der Waals surface area contributed by atoms with Crippen molar-refractivity contribution in [3.05, 3.63) is 24.8 Å². The van der Waals surface area contributed by atoms with E-state index in [2.05, 4.69) is 6.58 Å². The fourth-order valence-corrected chi connectivity index (χ4v) is 0.944. The van der Waals surface area contributed by atoms with Crippen molar-refractivity contribution in [3.63, 3.8) is 0 Å². The lowest BCUT2D eigenvalue weighted by Crippen LogP contribution is -1.87. The van der Waals surface area contributed by atoms with Gasteiger partial charge < -0.3 is 9.46 Å². The van der Waals surface area contributed by atoms with Gasteiger partial charge in [-0.15, -0.1) is 0 Å². The second-order valence-corrected chi connectivity index (χ2v) is 4.28. The van der Waals surface area contributed by atoms with E-state index < -0.39 is 7.25 Å². The third kappa shape index (κ3) is 7.73. The molecule has 1 radical (unpaired) electrons. The maximum Gasteiger partial charge on any atom is 0.237 e. The van der Waals surface area contributed by atoms with E-state index in [1.807, 2.05) is 0 Å². The van der Waals surface area contributed by atoms with Gasteiger partial charge in [0.1, 0.15) is 7.25 Å².